The maximum absolute atomic E-state index is 13.7. The van der Waals surface area contributed by atoms with Gasteiger partial charge in [-0.3, -0.25) is 9.69 Å². The van der Waals surface area contributed by atoms with E-state index < -0.39 is 11.6 Å². The van der Waals surface area contributed by atoms with E-state index in [-0.39, 0.29) is 24.8 Å². The van der Waals surface area contributed by atoms with Crippen LogP contribution in [0.1, 0.15) is 56.2 Å². The van der Waals surface area contributed by atoms with Crippen LogP contribution in [0.25, 0.3) is 22.3 Å². The number of carbonyl (C=O) groups excluding carboxylic acids is 1. The molecule has 2 atom stereocenters. The first-order valence-electron chi connectivity index (χ1n) is 12.5. The van der Waals surface area contributed by atoms with Crippen molar-refractivity contribution in [2.45, 2.75) is 64.4 Å². The lowest BCUT2D eigenvalue weighted by Crippen LogP contribution is -2.47. The molecule has 3 aromatic rings. The number of carbonyl (C=O) groups is 1. The van der Waals surface area contributed by atoms with Crippen molar-refractivity contribution >= 4 is 22.6 Å². The molecule has 8 heteroatoms. The Kier molecular flexibility index (Phi) is 5.19. The number of fused-ring (bicyclic) bond motifs is 5. The number of hydrogen-bond acceptors (Lipinski definition) is 7. The molecular weight excluding hydrogens is 444 g/mol. The van der Waals surface area contributed by atoms with E-state index in [0.29, 0.717) is 34.7 Å². The molecule has 35 heavy (non-hydrogen) atoms. The molecule has 3 aliphatic heterocycles. The van der Waals surface area contributed by atoms with E-state index in [2.05, 4.69) is 23.2 Å². The summed E-state index contributed by atoms with van der Waals surface area (Å²) in [6.45, 7) is 6.03. The zero-order valence-corrected chi connectivity index (χ0v) is 20.1. The number of nitrogens with one attached hydrogen (secondary N) is 1. The molecule has 182 valence electrons. The van der Waals surface area contributed by atoms with Crippen molar-refractivity contribution in [3.63, 3.8) is 0 Å². The Morgan fingerprint density at radius 2 is 1.97 bits per heavy atom. The van der Waals surface area contributed by atoms with Crippen LogP contribution in [0.15, 0.2) is 35.1 Å². The average molecular weight is 475 g/mol. The number of para-hydroxylation sites is 1. The quantitative estimate of drug-likeness (QED) is 0.438. The highest BCUT2D eigenvalue weighted by atomic mass is 16.6. The number of piperidine rings is 1. The van der Waals surface area contributed by atoms with Gasteiger partial charge in [-0.15, -0.1) is 0 Å². The van der Waals surface area contributed by atoms with Crippen LogP contribution in [-0.2, 0) is 28.3 Å². The molecule has 0 spiro atoms. The highest BCUT2D eigenvalue weighted by Gasteiger charge is 2.48. The van der Waals surface area contributed by atoms with Crippen LogP contribution < -0.4 is 10.9 Å². The summed E-state index contributed by atoms with van der Waals surface area (Å²) < 4.78 is 7.03. The highest BCUT2D eigenvalue weighted by molar-refractivity contribution is 5.92. The molecule has 2 aromatic heterocycles. The molecule has 0 bridgehead atoms. The lowest BCUT2D eigenvalue weighted by molar-refractivity contribution is -0.172. The number of likely N-dealkylation sites (tertiary alicyclic amines) is 1. The van der Waals surface area contributed by atoms with E-state index >= 15 is 0 Å². The molecule has 0 amide bonds. The average Bonchev–Trinajstić information content (AvgIpc) is 3.26. The molecular formula is C27H30N4O4. The fraction of sp³-hybridized carbons (Fsp3) is 0.444. The number of hydrogen-bond donors (Lipinski definition) is 2. The van der Waals surface area contributed by atoms with Gasteiger partial charge in [-0.2, -0.15) is 0 Å². The van der Waals surface area contributed by atoms with Gasteiger partial charge in [0.25, 0.3) is 5.56 Å². The maximum Gasteiger partial charge on any atom is 0.343 e. The first-order chi connectivity index (χ1) is 16.9. The van der Waals surface area contributed by atoms with Crippen molar-refractivity contribution < 1.29 is 14.6 Å². The standard InChI is InChI=1S/C27H30N4O4/c1-3-27(34)21-19(15-35-26(27)33)25(32)31-14-18-13-17-9-5-6-10-20(17)29-22(18)24(31)23(21)28-16(2)30-11-7-4-8-12-30/h5-6,9-10,13,16,28,34H,3-4,7-8,11-12,14-15H2,1-2H3/t16?,27-/m0/s1. The Bertz CT molecular complexity index is 1410. The lowest BCUT2D eigenvalue weighted by atomic mass is 9.84. The first-order valence-corrected chi connectivity index (χ1v) is 12.5. The van der Waals surface area contributed by atoms with Gasteiger partial charge in [-0.05, 0) is 38.3 Å². The van der Waals surface area contributed by atoms with Crippen molar-refractivity contribution in [2.75, 3.05) is 18.4 Å². The van der Waals surface area contributed by atoms with Crippen LogP contribution in [0.5, 0.6) is 0 Å². The number of anilines is 1. The number of aliphatic hydroxyl groups is 1. The normalized spacial score (nSPS) is 22.3. The third kappa shape index (κ3) is 3.31. The molecule has 1 unspecified atom stereocenters. The van der Waals surface area contributed by atoms with E-state index in [1.807, 2.05) is 24.3 Å². The summed E-state index contributed by atoms with van der Waals surface area (Å²) in [5.74, 6) is -0.713. The molecule has 5 heterocycles. The summed E-state index contributed by atoms with van der Waals surface area (Å²) in [6, 6.07) is 9.97. The maximum atomic E-state index is 13.7. The minimum absolute atomic E-state index is 0.0508. The summed E-state index contributed by atoms with van der Waals surface area (Å²) in [4.78, 5) is 33.9. The van der Waals surface area contributed by atoms with Crippen molar-refractivity contribution in [1.82, 2.24) is 14.5 Å². The number of esters is 1. The minimum Gasteiger partial charge on any atom is -0.458 e. The minimum atomic E-state index is -1.90. The molecule has 2 N–H and O–H groups in total. The van der Waals surface area contributed by atoms with E-state index in [9.17, 15) is 14.7 Å². The van der Waals surface area contributed by atoms with Crippen LogP contribution in [0.3, 0.4) is 0 Å². The molecule has 1 aromatic carbocycles. The summed E-state index contributed by atoms with van der Waals surface area (Å²) in [5, 5.41) is 16.2. The number of rotatable bonds is 4. The van der Waals surface area contributed by atoms with Gasteiger partial charge in [0, 0.05) is 29.6 Å². The summed E-state index contributed by atoms with van der Waals surface area (Å²) in [7, 11) is 0. The third-order valence-electron chi connectivity index (χ3n) is 7.82. The van der Waals surface area contributed by atoms with Crippen molar-refractivity contribution in [3.8, 4) is 11.4 Å². The molecule has 8 nitrogen and oxygen atoms in total. The van der Waals surface area contributed by atoms with Gasteiger partial charge in [0.15, 0.2) is 5.60 Å². The van der Waals surface area contributed by atoms with Crippen LogP contribution in [-0.4, -0.2) is 44.8 Å². The fourth-order valence-electron chi connectivity index (χ4n) is 5.85. The number of nitrogens with zero attached hydrogens (tertiary/aromatic N) is 3. The van der Waals surface area contributed by atoms with Crippen molar-refractivity contribution in [3.05, 3.63) is 57.4 Å². The van der Waals surface area contributed by atoms with Gasteiger partial charge in [0.1, 0.15) is 6.61 Å². The zero-order valence-electron chi connectivity index (χ0n) is 20.1. The SMILES string of the molecule is CC[C@@]1(O)C(=O)OCc2c1c(NC(C)N1CCCCC1)c1n(c2=O)Cc2cc3ccccc3nc2-1. The molecule has 1 fully saturated rings. The number of benzene rings is 1. The number of cyclic esters (lactones) is 1. The van der Waals surface area contributed by atoms with Gasteiger partial charge in [0.05, 0.1) is 40.9 Å². The number of aromatic nitrogens is 2. The monoisotopic (exact) mass is 474 g/mol. The van der Waals surface area contributed by atoms with E-state index in [1.165, 1.54) is 6.42 Å². The number of pyridine rings is 2. The van der Waals surface area contributed by atoms with Crippen LogP contribution in [0.4, 0.5) is 5.69 Å². The highest BCUT2D eigenvalue weighted by Crippen LogP contribution is 2.45. The first kappa shape index (κ1) is 22.2. The molecule has 0 aliphatic carbocycles. The molecule has 6 rings (SSSR count). The van der Waals surface area contributed by atoms with Crippen molar-refractivity contribution in [2.24, 2.45) is 0 Å². The lowest BCUT2D eigenvalue weighted by Gasteiger charge is -2.38. The Balaban J connectivity index is 1.61. The molecule has 0 radical (unpaired) electrons. The Hall–Kier alpha value is -3.23. The van der Waals surface area contributed by atoms with Gasteiger partial charge >= 0.3 is 5.97 Å². The van der Waals surface area contributed by atoms with Crippen LogP contribution in [0.2, 0.25) is 0 Å². The largest absolute Gasteiger partial charge is 0.458 e. The van der Waals surface area contributed by atoms with Crippen LogP contribution in [0, 0.1) is 0 Å². The Labute approximate surface area is 203 Å². The summed E-state index contributed by atoms with van der Waals surface area (Å²) in [5.41, 5.74) is 2.30. The predicted octanol–water partition coefficient (Wildman–Crippen LogP) is 3.32. The second-order valence-electron chi connectivity index (χ2n) is 9.86. The van der Waals surface area contributed by atoms with Gasteiger partial charge in [0.2, 0.25) is 0 Å². The van der Waals surface area contributed by atoms with Crippen molar-refractivity contribution in [1.29, 1.82) is 0 Å². The van der Waals surface area contributed by atoms with Gasteiger partial charge < -0.3 is 19.7 Å². The van der Waals surface area contributed by atoms with E-state index in [0.717, 1.165) is 42.4 Å². The second kappa shape index (κ2) is 8.17. The van der Waals surface area contributed by atoms with Gasteiger partial charge in [-0.25, -0.2) is 9.78 Å². The summed E-state index contributed by atoms with van der Waals surface area (Å²) >= 11 is 0. The van der Waals surface area contributed by atoms with E-state index in [4.69, 9.17) is 9.72 Å². The zero-order chi connectivity index (χ0) is 24.3. The smallest absolute Gasteiger partial charge is 0.343 e. The molecule has 0 saturated carbocycles. The van der Waals surface area contributed by atoms with Gasteiger partial charge in [-0.1, -0.05) is 31.5 Å². The molecule has 3 aliphatic rings. The predicted molar refractivity (Wildman–Crippen MR) is 133 cm³/mol. The Morgan fingerprint density at radius 3 is 2.74 bits per heavy atom. The Morgan fingerprint density at radius 1 is 1.20 bits per heavy atom. The topological polar surface area (TPSA) is 96.7 Å². The molecule has 1 saturated heterocycles. The third-order valence-corrected chi connectivity index (χ3v) is 7.82. The van der Waals surface area contributed by atoms with E-state index in [1.54, 1.807) is 11.5 Å². The summed E-state index contributed by atoms with van der Waals surface area (Å²) in [6.07, 6.45) is 3.55. The second-order valence-corrected chi connectivity index (χ2v) is 9.86. The fourth-order valence-corrected chi connectivity index (χ4v) is 5.85. The van der Waals surface area contributed by atoms with Crippen LogP contribution >= 0.6 is 0 Å². The number of ether oxygens (including phenoxy) is 1.